The van der Waals surface area contributed by atoms with E-state index >= 15 is 0 Å². The van der Waals surface area contributed by atoms with E-state index in [9.17, 15) is 27.2 Å². The summed E-state index contributed by atoms with van der Waals surface area (Å²) in [6.07, 6.45) is -4.94. The summed E-state index contributed by atoms with van der Waals surface area (Å²) >= 11 is 5.85. The Balaban J connectivity index is 2.52. The molecule has 0 bridgehead atoms. The molecule has 1 aromatic carbocycles. The van der Waals surface area contributed by atoms with Crippen molar-refractivity contribution in [2.75, 3.05) is 6.79 Å². The van der Waals surface area contributed by atoms with Crippen LogP contribution in [0.2, 0.25) is 5.02 Å². The summed E-state index contributed by atoms with van der Waals surface area (Å²) in [6, 6.07) is 1.84. The van der Waals surface area contributed by atoms with Crippen LogP contribution in [0.5, 0.6) is 5.75 Å². The van der Waals surface area contributed by atoms with Crippen molar-refractivity contribution in [3.63, 3.8) is 0 Å². The number of alkyl halides is 3. The van der Waals surface area contributed by atoms with Crippen molar-refractivity contribution in [3.05, 3.63) is 67.8 Å². The van der Waals surface area contributed by atoms with Gasteiger partial charge in [0.05, 0.1) is 10.7 Å². The van der Waals surface area contributed by atoms with E-state index in [0.29, 0.717) is 5.70 Å². The Morgan fingerprint density at radius 3 is 2.50 bits per heavy atom. The van der Waals surface area contributed by atoms with Crippen LogP contribution < -0.4 is 21.5 Å². The Morgan fingerprint density at radius 1 is 1.29 bits per heavy atom. The molecular weight excluding hydrogens is 410 g/mol. The zero-order chi connectivity index (χ0) is 21.2. The lowest BCUT2D eigenvalue weighted by Crippen LogP contribution is -2.41. The van der Waals surface area contributed by atoms with Crippen LogP contribution in [0.15, 0.2) is 40.1 Å². The van der Waals surface area contributed by atoms with Gasteiger partial charge in [0.15, 0.2) is 0 Å². The fourth-order valence-electron chi connectivity index (χ4n) is 2.17. The summed E-state index contributed by atoms with van der Waals surface area (Å²) in [5.74, 6) is -1.28. The topological polar surface area (TPSA) is 74.5 Å². The van der Waals surface area contributed by atoms with Gasteiger partial charge in [-0.05, 0) is 13.0 Å². The van der Waals surface area contributed by atoms with E-state index in [1.54, 1.807) is 6.92 Å². The molecule has 1 aromatic heterocycles. The minimum Gasteiger partial charge on any atom is -0.464 e. The van der Waals surface area contributed by atoms with Crippen LogP contribution in [0.4, 0.5) is 17.6 Å². The maximum Gasteiger partial charge on any atom is 0.431 e. The van der Waals surface area contributed by atoms with Crippen LogP contribution in [0.25, 0.3) is 5.69 Å². The van der Waals surface area contributed by atoms with Crippen LogP contribution in [0.1, 0.15) is 12.6 Å². The molecule has 0 radical (unpaired) electrons. The average Bonchev–Trinajstić information content (AvgIpc) is 2.56. The van der Waals surface area contributed by atoms with Crippen molar-refractivity contribution in [1.29, 1.82) is 0 Å². The van der Waals surface area contributed by atoms with Crippen LogP contribution in [-0.2, 0) is 18.1 Å². The molecule has 1 N–H and O–H groups in total. The maximum absolute atomic E-state index is 14.3. The third-order valence-corrected chi connectivity index (χ3v) is 3.67. The van der Waals surface area contributed by atoms with Gasteiger partial charge in [0.1, 0.15) is 17.3 Å². The molecule has 0 saturated heterocycles. The van der Waals surface area contributed by atoms with E-state index < -0.39 is 41.4 Å². The molecule has 0 fully saturated rings. The number of hydrogen-bond acceptors (Lipinski definition) is 5. The molecule has 0 saturated carbocycles. The highest BCUT2D eigenvalue weighted by Gasteiger charge is 2.35. The molecule has 1 heterocycles. The van der Waals surface area contributed by atoms with E-state index in [-0.39, 0.29) is 26.0 Å². The van der Waals surface area contributed by atoms with Gasteiger partial charge < -0.3 is 4.74 Å². The first-order valence-electron chi connectivity index (χ1n) is 7.49. The average molecular weight is 424 g/mol. The van der Waals surface area contributed by atoms with Crippen molar-refractivity contribution < 1.29 is 27.1 Å². The number of hydroxylamine groups is 1. The van der Waals surface area contributed by atoms with Gasteiger partial charge in [0.25, 0.3) is 5.56 Å². The molecule has 28 heavy (non-hydrogen) atoms. The van der Waals surface area contributed by atoms with Gasteiger partial charge >= 0.3 is 11.9 Å². The number of benzene rings is 1. The minimum absolute atomic E-state index is 0.171. The summed E-state index contributed by atoms with van der Waals surface area (Å²) in [5, 5.41) is -0.211. The number of hydrogen-bond donors (Lipinski definition) is 1. The highest BCUT2D eigenvalue weighted by Crippen LogP contribution is 2.30. The molecular formula is C16H14ClF4N3O4. The van der Waals surface area contributed by atoms with E-state index in [1.807, 2.05) is 0 Å². The molecule has 0 amide bonds. The standard InChI is InChI=1S/C16H14ClF4N3O4/c1-8(2)22-28-7-27-12-5-11(10(18)4-9(12)17)24-14(25)6-13(16(19,20)21)23(3)15(24)26/h4-6,22H,1,7H2,2-3H3. The van der Waals surface area contributed by atoms with Gasteiger partial charge in [-0.1, -0.05) is 18.2 Å². The number of nitrogens with zero attached hydrogens (tertiary/aromatic N) is 2. The Hall–Kier alpha value is -2.79. The summed E-state index contributed by atoms with van der Waals surface area (Å²) in [6.45, 7) is 4.71. The quantitative estimate of drug-likeness (QED) is 0.335. The normalized spacial score (nSPS) is 11.4. The summed E-state index contributed by atoms with van der Waals surface area (Å²) in [7, 11) is 0.809. The molecule has 0 aliphatic heterocycles. The Bertz CT molecular complexity index is 1030. The lowest BCUT2D eigenvalue weighted by Gasteiger charge is -2.15. The molecule has 2 rings (SSSR count). The maximum atomic E-state index is 14.3. The van der Waals surface area contributed by atoms with Crippen LogP contribution in [0.3, 0.4) is 0 Å². The van der Waals surface area contributed by atoms with Crippen LogP contribution in [-0.4, -0.2) is 15.9 Å². The third-order valence-electron chi connectivity index (χ3n) is 3.37. The minimum atomic E-state index is -4.94. The fourth-order valence-corrected chi connectivity index (χ4v) is 2.37. The van der Waals surface area contributed by atoms with Crippen LogP contribution in [0, 0.1) is 5.82 Å². The smallest absolute Gasteiger partial charge is 0.431 e. The second kappa shape index (κ2) is 8.07. The molecule has 0 aliphatic carbocycles. The summed E-state index contributed by atoms with van der Waals surface area (Å²) in [5.41, 5.74) is -2.02. The first-order valence-corrected chi connectivity index (χ1v) is 7.87. The van der Waals surface area contributed by atoms with Gasteiger partial charge in [0, 0.05) is 24.9 Å². The SMILES string of the molecule is C=C(C)NOCOc1cc(-n2c(=O)cc(C(F)(F)F)n(C)c2=O)c(F)cc1Cl. The summed E-state index contributed by atoms with van der Waals surface area (Å²) in [4.78, 5) is 29.3. The molecule has 0 unspecified atom stereocenters. The van der Waals surface area contributed by atoms with Crippen molar-refractivity contribution in [1.82, 2.24) is 14.6 Å². The monoisotopic (exact) mass is 423 g/mol. The zero-order valence-corrected chi connectivity index (χ0v) is 15.3. The van der Waals surface area contributed by atoms with Crippen molar-refractivity contribution in [3.8, 4) is 11.4 Å². The highest BCUT2D eigenvalue weighted by molar-refractivity contribution is 6.32. The van der Waals surface area contributed by atoms with Crippen molar-refractivity contribution >= 4 is 11.6 Å². The molecule has 2 aromatic rings. The molecule has 0 spiro atoms. The number of aromatic nitrogens is 2. The van der Waals surface area contributed by atoms with E-state index in [1.165, 1.54) is 0 Å². The number of allylic oxidation sites excluding steroid dienone is 1. The zero-order valence-electron chi connectivity index (χ0n) is 14.6. The molecule has 0 atom stereocenters. The number of halogens is 5. The molecule has 0 aliphatic rings. The lowest BCUT2D eigenvalue weighted by molar-refractivity contribution is -0.144. The van der Waals surface area contributed by atoms with Crippen molar-refractivity contribution in [2.24, 2.45) is 7.05 Å². The number of ether oxygens (including phenoxy) is 1. The molecule has 152 valence electrons. The van der Waals surface area contributed by atoms with Gasteiger partial charge in [-0.3, -0.25) is 14.8 Å². The predicted octanol–water partition coefficient (Wildman–Crippen LogP) is 2.74. The first-order chi connectivity index (χ1) is 12.9. The summed E-state index contributed by atoms with van der Waals surface area (Å²) < 4.78 is 58.7. The Labute approximate surface area is 160 Å². The highest BCUT2D eigenvalue weighted by atomic mass is 35.5. The first kappa shape index (κ1) is 21.5. The lowest BCUT2D eigenvalue weighted by atomic mass is 10.2. The van der Waals surface area contributed by atoms with Crippen LogP contribution >= 0.6 is 11.6 Å². The van der Waals surface area contributed by atoms with E-state index in [4.69, 9.17) is 21.2 Å². The second-order valence-corrected chi connectivity index (χ2v) is 5.97. The van der Waals surface area contributed by atoms with Crippen molar-refractivity contribution in [2.45, 2.75) is 13.1 Å². The molecule has 12 heteroatoms. The van der Waals surface area contributed by atoms with E-state index in [0.717, 1.165) is 19.2 Å². The third kappa shape index (κ3) is 4.54. The largest absolute Gasteiger partial charge is 0.464 e. The van der Waals surface area contributed by atoms with E-state index in [2.05, 4.69) is 12.1 Å². The Morgan fingerprint density at radius 2 is 1.93 bits per heavy atom. The second-order valence-electron chi connectivity index (χ2n) is 5.57. The Kier molecular flexibility index (Phi) is 6.20. The number of rotatable bonds is 6. The van der Waals surface area contributed by atoms with Gasteiger partial charge in [0.2, 0.25) is 6.79 Å². The number of nitrogens with one attached hydrogen (secondary N) is 1. The van der Waals surface area contributed by atoms with Gasteiger partial charge in [-0.25, -0.2) is 18.6 Å². The van der Waals surface area contributed by atoms with Gasteiger partial charge in [-0.2, -0.15) is 13.2 Å². The molecule has 7 nitrogen and oxygen atoms in total. The van der Waals surface area contributed by atoms with Gasteiger partial charge in [-0.15, -0.1) is 0 Å². The predicted molar refractivity (Wildman–Crippen MR) is 91.8 cm³/mol. The fraction of sp³-hybridized carbons (Fsp3) is 0.250.